The van der Waals surface area contributed by atoms with Gasteiger partial charge in [-0.3, -0.25) is 0 Å². The molecule has 0 amide bonds. The van der Waals surface area contributed by atoms with Crippen molar-refractivity contribution in [3.63, 3.8) is 0 Å². The summed E-state index contributed by atoms with van der Waals surface area (Å²) in [4.78, 5) is 1.93. The number of hydrogen-bond donors (Lipinski definition) is 1. The molecule has 1 aromatic carbocycles. The van der Waals surface area contributed by atoms with Gasteiger partial charge in [0.2, 0.25) is 0 Å². The summed E-state index contributed by atoms with van der Waals surface area (Å²) >= 11 is 0. The molecule has 0 fully saturated rings. The van der Waals surface area contributed by atoms with Crippen LogP contribution in [0.4, 0.5) is 5.69 Å². The van der Waals surface area contributed by atoms with Gasteiger partial charge in [0.25, 0.3) is 0 Å². The van der Waals surface area contributed by atoms with E-state index in [0.717, 1.165) is 12.2 Å². The summed E-state index contributed by atoms with van der Waals surface area (Å²) in [5.74, 6) is 0. The van der Waals surface area contributed by atoms with E-state index in [1.165, 1.54) is 5.56 Å². The molecule has 2 nitrogen and oxygen atoms in total. The monoisotopic (exact) mass is 161 g/mol. The molecule has 0 unspecified atom stereocenters. The molecule has 0 atom stereocenters. The van der Waals surface area contributed by atoms with Gasteiger partial charge in [-0.1, -0.05) is 30.4 Å². The maximum atomic E-state index is 9.03. The lowest BCUT2D eigenvalue weighted by atomic mass is 10.1. The van der Waals surface area contributed by atoms with Gasteiger partial charge in [-0.05, 0) is 11.6 Å². The summed E-state index contributed by atoms with van der Waals surface area (Å²) in [5, 5.41) is 9.03. The lowest BCUT2D eigenvalue weighted by Crippen LogP contribution is -2.26. The van der Waals surface area contributed by atoms with Crippen molar-refractivity contribution in [2.75, 3.05) is 18.2 Å². The molecule has 0 aromatic heterocycles. The lowest BCUT2D eigenvalue weighted by Gasteiger charge is -2.25. The van der Waals surface area contributed by atoms with Crippen LogP contribution in [0.15, 0.2) is 30.3 Å². The third-order valence-electron chi connectivity index (χ3n) is 2.07. The molecule has 0 saturated carbocycles. The van der Waals surface area contributed by atoms with E-state index in [1.54, 1.807) is 0 Å². The van der Waals surface area contributed by atoms with E-state index in [0.29, 0.717) is 0 Å². The average Bonchev–Trinajstić information content (AvgIpc) is 2.17. The Hall–Kier alpha value is -1.28. The molecule has 1 aliphatic heterocycles. The quantitative estimate of drug-likeness (QED) is 0.674. The number of rotatable bonds is 1. The van der Waals surface area contributed by atoms with Gasteiger partial charge in [-0.25, -0.2) is 0 Å². The maximum Gasteiger partial charge on any atom is 0.116 e. The molecular formula is C10H11NO. The second-order valence-electron chi connectivity index (χ2n) is 2.83. The van der Waals surface area contributed by atoms with Gasteiger partial charge in [0.15, 0.2) is 0 Å². The van der Waals surface area contributed by atoms with E-state index >= 15 is 0 Å². The fraction of sp³-hybridized carbons (Fsp3) is 0.200. The predicted molar refractivity (Wildman–Crippen MR) is 49.9 cm³/mol. The Balaban J connectivity index is 2.45. The zero-order valence-corrected chi connectivity index (χ0v) is 6.77. The number of para-hydroxylation sites is 1. The second-order valence-corrected chi connectivity index (χ2v) is 2.83. The first-order chi connectivity index (χ1) is 5.92. The van der Waals surface area contributed by atoms with Gasteiger partial charge in [0, 0.05) is 12.2 Å². The third-order valence-corrected chi connectivity index (χ3v) is 2.07. The first-order valence-corrected chi connectivity index (χ1v) is 4.03. The summed E-state index contributed by atoms with van der Waals surface area (Å²) in [6.45, 7) is 0.884. The molecule has 0 spiro atoms. The minimum Gasteiger partial charge on any atom is -0.376 e. The number of fused-ring (bicyclic) bond motifs is 1. The summed E-state index contributed by atoms with van der Waals surface area (Å²) in [7, 11) is 0. The third kappa shape index (κ3) is 1.10. The molecule has 1 aliphatic rings. The van der Waals surface area contributed by atoms with Crippen LogP contribution in [0.2, 0.25) is 0 Å². The minimum atomic E-state index is 0.0847. The predicted octanol–water partition coefficient (Wildman–Crippen LogP) is 1.47. The van der Waals surface area contributed by atoms with Crippen LogP contribution >= 0.6 is 0 Å². The first-order valence-electron chi connectivity index (χ1n) is 4.03. The van der Waals surface area contributed by atoms with E-state index in [9.17, 15) is 0 Å². The molecule has 1 heterocycles. The van der Waals surface area contributed by atoms with E-state index < -0.39 is 0 Å². The topological polar surface area (TPSA) is 23.5 Å². The lowest BCUT2D eigenvalue weighted by molar-refractivity contribution is 0.294. The van der Waals surface area contributed by atoms with Crippen molar-refractivity contribution in [2.45, 2.75) is 0 Å². The normalized spacial score (nSPS) is 14.6. The Kier molecular flexibility index (Phi) is 1.84. The largest absolute Gasteiger partial charge is 0.376 e. The highest BCUT2D eigenvalue weighted by molar-refractivity contribution is 5.70. The van der Waals surface area contributed by atoms with Gasteiger partial charge in [0.1, 0.15) is 6.73 Å². The number of benzene rings is 1. The molecule has 0 bridgehead atoms. The molecule has 2 rings (SSSR count). The number of aliphatic hydroxyl groups excluding tert-OH is 1. The highest BCUT2D eigenvalue weighted by Gasteiger charge is 2.09. The molecule has 1 aromatic rings. The Bertz CT molecular complexity index is 306. The van der Waals surface area contributed by atoms with Gasteiger partial charge in [-0.2, -0.15) is 0 Å². The number of aliphatic hydroxyl groups is 1. The summed E-state index contributed by atoms with van der Waals surface area (Å²) in [6, 6.07) is 8.06. The maximum absolute atomic E-state index is 9.03. The smallest absolute Gasteiger partial charge is 0.116 e. The summed E-state index contributed by atoms with van der Waals surface area (Å²) in [6.07, 6.45) is 4.14. The molecular weight excluding hydrogens is 150 g/mol. The van der Waals surface area contributed by atoms with Crippen molar-refractivity contribution in [3.8, 4) is 0 Å². The number of hydrogen-bond acceptors (Lipinski definition) is 2. The summed E-state index contributed by atoms with van der Waals surface area (Å²) in [5.41, 5.74) is 2.29. The fourth-order valence-electron chi connectivity index (χ4n) is 1.46. The van der Waals surface area contributed by atoms with E-state index in [4.69, 9.17) is 5.11 Å². The van der Waals surface area contributed by atoms with Gasteiger partial charge in [0.05, 0.1) is 0 Å². The van der Waals surface area contributed by atoms with Crippen LogP contribution in [0.3, 0.4) is 0 Å². The van der Waals surface area contributed by atoms with Gasteiger partial charge < -0.3 is 10.0 Å². The molecule has 62 valence electrons. The number of nitrogens with zero attached hydrogens (tertiary/aromatic N) is 1. The zero-order valence-electron chi connectivity index (χ0n) is 6.77. The van der Waals surface area contributed by atoms with Crippen LogP contribution in [0.5, 0.6) is 0 Å². The van der Waals surface area contributed by atoms with Crippen LogP contribution in [0.25, 0.3) is 6.08 Å². The van der Waals surface area contributed by atoms with Crippen LogP contribution < -0.4 is 4.90 Å². The van der Waals surface area contributed by atoms with Crippen LogP contribution in [-0.2, 0) is 0 Å². The summed E-state index contributed by atoms with van der Waals surface area (Å²) < 4.78 is 0. The van der Waals surface area contributed by atoms with E-state index in [1.807, 2.05) is 29.2 Å². The molecule has 12 heavy (non-hydrogen) atoms. The van der Waals surface area contributed by atoms with Crippen LogP contribution in [0, 0.1) is 0 Å². The van der Waals surface area contributed by atoms with Gasteiger partial charge >= 0.3 is 0 Å². The molecule has 2 heteroatoms. The molecule has 1 N–H and O–H groups in total. The minimum absolute atomic E-state index is 0.0847. The Morgan fingerprint density at radius 3 is 3.00 bits per heavy atom. The van der Waals surface area contributed by atoms with Crippen LogP contribution in [0.1, 0.15) is 5.56 Å². The van der Waals surface area contributed by atoms with Crippen molar-refractivity contribution in [2.24, 2.45) is 0 Å². The Morgan fingerprint density at radius 1 is 1.33 bits per heavy atom. The molecule has 0 saturated heterocycles. The standard InChI is InChI=1S/C10H11NO/c12-8-11-7-3-5-9-4-1-2-6-10(9)11/h1-6,12H,7-8H2. The highest BCUT2D eigenvalue weighted by Crippen LogP contribution is 2.24. The second kappa shape index (κ2) is 2.99. The van der Waals surface area contributed by atoms with Crippen LogP contribution in [-0.4, -0.2) is 18.4 Å². The Labute approximate surface area is 71.7 Å². The van der Waals surface area contributed by atoms with E-state index in [-0.39, 0.29) is 6.73 Å². The molecule has 0 aliphatic carbocycles. The number of anilines is 1. The highest BCUT2D eigenvalue weighted by atomic mass is 16.3. The van der Waals surface area contributed by atoms with Crippen molar-refractivity contribution in [1.29, 1.82) is 0 Å². The Morgan fingerprint density at radius 2 is 2.17 bits per heavy atom. The van der Waals surface area contributed by atoms with Gasteiger partial charge in [-0.15, -0.1) is 0 Å². The van der Waals surface area contributed by atoms with Crippen molar-refractivity contribution < 1.29 is 5.11 Å². The van der Waals surface area contributed by atoms with Crippen molar-refractivity contribution in [1.82, 2.24) is 0 Å². The zero-order chi connectivity index (χ0) is 8.39. The van der Waals surface area contributed by atoms with Crippen molar-refractivity contribution in [3.05, 3.63) is 35.9 Å². The molecule has 0 radical (unpaired) electrons. The van der Waals surface area contributed by atoms with Crippen molar-refractivity contribution >= 4 is 11.8 Å². The fourth-order valence-corrected chi connectivity index (χ4v) is 1.46. The van der Waals surface area contributed by atoms with E-state index in [2.05, 4.69) is 12.2 Å². The SMILES string of the molecule is OCN1CC=Cc2ccccc21. The first kappa shape index (κ1) is 7.37. The average molecular weight is 161 g/mol.